The third-order valence-electron chi connectivity index (χ3n) is 4.89. The summed E-state index contributed by atoms with van der Waals surface area (Å²) in [5.74, 6) is -0.991. The fourth-order valence-corrected chi connectivity index (χ4v) is 3.39. The Hall–Kier alpha value is -3.32. The van der Waals surface area contributed by atoms with E-state index >= 15 is 0 Å². The maximum absolute atomic E-state index is 12.8. The van der Waals surface area contributed by atoms with Gasteiger partial charge in [0.05, 0.1) is 24.8 Å². The first kappa shape index (κ1) is 21.4. The molecule has 2 aromatic carbocycles. The van der Waals surface area contributed by atoms with Gasteiger partial charge in [-0.1, -0.05) is 19.1 Å². The Morgan fingerprint density at radius 1 is 1.03 bits per heavy atom. The minimum atomic E-state index is -0.781. The zero-order chi connectivity index (χ0) is 21.7. The van der Waals surface area contributed by atoms with E-state index in [1.807, 2.05) is 6.92 Å². The van der Waals surface area contributed by atoms with Crippen LogP contribution in [0.3, 0.4) is 0 Å². The summed E-state index contributed by atoms with van der Waals surface area (Å²) in [6.45, 7) is 3.02. The third-order valence-corrected chi connectivity index (χ3v) is 4.89. The molecule has 1 fully saturated rings. The number of benzene rings is 2. The number of rotatable bonds is 8. The van der Waals surface area contributed by atoms with Crippen LogP contribution in [-0.4, -0.2) is 53.7 Å². The second-order valence-corrected chi connectivity index (χ2v) is 6.95. The van der Waals surface area contributed by atoms with Gasteiger partial charge in [-0.25, -0.2) is 0 Å². The van der Waals surface area contributed by atoms with Crippen LogP contribution < -0.4 is 4.74 Å². The van der Waals surface area contributed by atoms with Crippen molar-refractivity contribution in [2.45, 2.75) is 19.4 Å². The number of ether oxygens (including phenoxy) is 2. The fourth-order valence-electron chi connectivity index (χ4n) is 3.39. The highest BCUT2D eigenvalue weighted by molar-refractivity contribution is 6.46. The van der Waals surface area contributed by atoms with Gasteiger partial charge in [-0.3, -0.25) is 9.59 Å². The molecular weight excluding hydrogens is 386 g/mol. The highest BCUT2D eigenvalue weighted by atomic mass is 16.5. The molecule has 30 heavy (non-hydrogen) atoms. The number of Topliss-reactive ketones (excluding diaryl/α,β-unsaturated/α-hetero) is 1. The number of carbonyl (C=O) groups is 2. The number of aliphatic hydroxyl groups is 1. The van der Waals surface area contributed by atoms with Gasteiger partial charge in [0.2, 0.25) is 0 Å². The smallest absolute Gasteiger partial charge is 0.295 e. The molecular formula is C23H25NO6. The van der Waals surface area contributed by atoms with E-state index in [2.05, 4.69) is 0 Å². The summed E-state index contributed by atoms with van der Waals surface area (Å²) in [6.07, 6.45) is 0.874. The van der Waals surface area contributed by atoms with Crippen LogP contribution in [0.15, 0.2) is 54.1 Å². The van der Waals surface area contributed by atoms with E-state index in [9.17, 15) is 19.8 Å². The van der Waals surface area contributed by atoms with Crippen molar-refractivity contribution in [3.8, 4) is 11.5 Å². The summed E-state index contributed by atoms with van der Waals surface area (Å²) in [5, 5.41) is 20.6. The molecule has 0 spiro atoms. The lowest BCUT2D eigenvalue weighted by Gasteiger charge is -2.25. The largest absolute Gasteiger partial charge is 0.508 e. The van der Waals surface area contributed by atoms with Gasteiger partial charge in [0.25, 0.3) is 11.7 Å². The van der Waals surface area contributed by atoms with E-state index < -0.39 is 17.7 Å². The predicted octanol–water partition coefficient (Wildman–Crippen LogP) is 3.25. The normalized spacial score (nSPS) is 18.1. The zero-order valence-corrected chi connectivity index (χ0v) is 17.0. The number of hydrogen-bond donors (Lipinski definition) is 2. The van der Waals surface area contributed by atoms with Crippen LogP contribution in [0.4, 0.5) is 0 Å². The van der Waals surface area contributed by atoms with Crippen LogP contribution in [0.25, 0.3) is 5.76 Å². The highest BCUT2D eigenvalue weighted by Crippen LogP contribution is 2.39. The average molecular weight is 411 g/mol. The number of carbonyl (C=O) groups excluding carboxylic acids is 2. The molecule has 0 radical (unpaired) electrons. The Kier molecular flexibility index (Phi) is 6.74. The van der Waals surface area contributed by atoms with E-state index in [-0.39, 0.29) is 30.2 Å². The summed E-state index contributed by atoms with van der Waals surface area (Å²) in [4.78, 5) is 26.9. The maximum atomic E-state index is 12.8. The number of aliphatic hydroxyl groups excluding tert-OH is 1. The molecule has 7 nitrogen and oxygen atoms in total. The molecule has 1 saturated heterocycles. The van der Waals surface area contributed by atoms with Gasteiger partial charge >= 0.3 is 0 Å². The minimum Gasteiger partial charge on any atom is -0.508 e. The van der Waals surface area contributed by atoms with Crippen LogP contribution in [-0.2, 0) is 14.3 Å². The number of amides is 1. The van der Waals surface area contributed by atoms with Crippen LogP contribution in [0, 0.1) is 0 Å². The molecule has 3 rings (SSSR count). The molecule has 1 aliphatic heterocycles. The van der Waals surface area contributed by atoms with Gasteiger partial charge in [-0.2, -0.15) is 0 Å². The molecule has 0 unspecified atom stereocenters. The lowest BCUT2D eigenvalue weighted by Crippen LogP contribution is -2.32. The fraction of sp³-hybridized carbons (Fsp3) is 0.304. The van der Waals surface area contributed by atoms with E-state index in [4.69, 9.17) is 9.47 Å². The number of phenolic OH excluding ortho intramolecular Hbond substituents is 1. The maximum Gasteiger partial charge on any atom is 0.295 e. The van der Waals surface area contributed by atoms with Crippen molar-refractivity contribution >= 4 is 17.4 Å². The molecule has 2 aromatic rings. The summed E-state index contributed by atoms with van der Waals surface area (Å²) < 4.78 is 10.6. The van der Waals surface area contributed by atoms with Crippen LogP contribution in [0.2, 0.25) is 0 Å². The Bertz CT molecular complexity index is 933. The zero-order valence-electron chi connectivity index (χ0n) is 17.0. The second kappa shape index (κ2) is 9.45. The van der Waals surface area contributed by atoms with Gasteiger partial charge in [-0.15, -0.1) is 0 Å². The van der Waals surface area contributed by atoms with Crippen LogP contribution in [0.1, 0.15) is 30.5 Å². The number of phenols is 1. The van der Waals surface area contributed by atoms with E-state index in [0.29, 0.717) is 23.5 Å². The number of nitrogens with zero attached hydrogens (tertiary/aromatic N) is 1. The molecule has 0 saturated carbocycles. The van der Waals surface area contributed by atoms with E-state index in [1.165, 1.54) is 24.1 Å². The molecule has 1 aliphatic rings. The summed E-state index contributed by atoms with van der Waals surface area (Å²) in [5.41, 5.74) is 1.02. The van der Waals surface area contributed by atoms with Crippen molar-refractivity contribution in [1.29, 1.82) is 0 Å². The Morgan fingerprint density at radius 2 is 1.70 bits per heavy atom. The number of methoxy groups -OCH3 is 1. The molecule has 1 amide bonds. The average Bonchev–Trinajstić information content (AvgIpc) is 3.01. The first-order valence-electron chi connectivity index (χ1n) is 9.77. The first-order valence-corrected chi connectivity index (χ1v) is 9.77. The molecule has 0 aliphatic carbocycles. The molecule has 0 bridgehead atoms. The van der Waals surface area contributed by atoms with Gasteiger partial charge in [0, 0.05) is 19.2 Å². The number of likely N-dealkylation sites (tertiary alicyclic amines) is 1. The van der Waals surface area contributed by atoms with Crippen molar-refractivity contribution in [1.82, 2.24) is 4.90 Å². The van der Waals surface area contributed by atoms with Gasteiger partial charge in [0.1, 0.15) is 17.3 Å². The second-order valence-electron chi connectivity index (χ2n) is 6.95. The van der Waals surface area contributed by atoms with Crippen molar-refractivity contribution in [2.75, 3.05) is 26.9 Å². The number of aromatic hydroxyl groups is 1. The Balaban J connectivity index is 2.04. The quantitative estimate of drug-likeness (QED) is 0.393. The standard InChI is InChI=1S/C23H25NO6/c1-3-13-30-18-10-6-16(7-11-18)21(26)19-20(15-4-8-17(25)9-5-15)24(12-14-29-2)23(28)22(19)27/h4-11,20,25-26H,3,12-14H2,1-2H3/b21-19+/t20-/m1/s1. The molecule has 158 valence electrons. The predicted molar refractivity (Wildman–Crippen MR) is 111 cm³/mol. The summed E-state index contributed by atoms with van der Waals surface area (Å²) >= 11 is 0. The molecule has 2 N–H and O–H groups in total. The number of ketones is 1. The summed E-state index contributed by atoms with van der Waals surface area (Å²) in [6, 6.07) is 12.1. The van der Waals surface area contributed by atoms with Gasteiger partial charge < -0.3 is 24.6 Å². The van der Waals surface area contributed by atoms with E-state index in [0.717, 1.165) is 6.42 Å². The first-order chi connectivity index (χ1) is 14.5. The highest BCUT2D eigenvalue weighted by Gasteiger charge is 2.45. The molecule has 1 atom stereocenters. The molecule has 0 aromatic heterocycles. The molecule has 1 heterocycles. The van der Waals surface area contributed by atoms with Crippen molar-refractivity contribution in [2.24, 2.45) is 0 Å². The summed E-state index contributed by atoms with van der Waals surface area (Å²) in [7, 11) is 1.51. The van der Waals surface area contributed by atoms with Crippen molar-refractivity contribution in [3.05, 3.63) is 65.2 Å². The van der Waals surface area contributed by atoms with Crippen molar-refractivity contribution in [3.63, 3.8) is 0 Å². The van der Waals surface area contributed by atoms with Crippen LogP contribution in [0.5, 0.6) is 11.5 Å². The van der Waals surface area contributed by atoms with E-state index in [1.54, 1.807) is 36.4 Å². The Morgan fingerprint density at radius 3 is 2.30 bits per heavy atom. The van der Waals surface area contributed by atoms with Crippen LogP contribution >= 0.6 is 0 Å². The van der Waals surface area contributed by atoms with Gasteiger partial charge in [0.15, 0.2) is 0 Å². The van der Waals surface area contributed by atoms with Gasteiger partial charge in [-0.05, 0) is 48.4 Å². The topological polar surface area (TPSA) is 96.3 Å². The number of hydrogen-bond acceptors (Lipinski definition) is 6. The SMILES string of the molecule is CCCOc1ccc(/C(O)=C2\C(=O)C(=O)N(CCOC)[C@@H]2c2ccc(O)cc2)cc1. The lowest BCUT2D eigenvalue weighted by atomic mass is 9.95. The molecule has 7 heteroatoms. The van der Waals surface area contributed by atoms with Crippen molar-refractivity contribution < 1.29 is 29.3 Å². The third kappa shape index (κ3) is 4.31. The lowest BCUT2D eigenvalue weighted by molar-refractivity contribution is -0.140. The Labute approximate surface area is 175 Å². The minimum absolute atomic E-state index is 0.00372. The monoisotopic (exact) mass is 411 g/mol.